The largest absolute Gasteiger partial charge is 0.494 e. The number of nitrogens with one attached hydrogen (secondary N) is 1. The number of aromatic nitrogens is 2. The fourth-order valence-electron chi connectivity index (χ4n) is 2.37. The van der Waals surface area contributed by atoms with Crippen molar-refractivity contribution in [2.75, 3.05) is 35.6 Å². The summed E-state index contributed by atoms with van der Waals surface area (Å²) in [7, 11) is 0. The molecule has 3 N–H and O–H groups in total. The Hall–Kier alpha value is -3.52. The van der Waals surface area contributed by atoms with E-state index in [1.165, 1.54) is 6.33 Å². The number of nitriles is 2. The molecular formula is C18H21N7O. The van der Waals surface area contributed by atoms with E-state index in [0.717, 1.165) is 11.4 Å². The molecule has 26 heavy (non-hydrogen) atoms. The summed E-state index contributed by atoms with van der Waals surface area (Å²) in [6.45, 7) is 3.43. The number of hydrogen-bond acceptors (Lipinski definition) is 8. The number of nitrogens with two attached hydrogens (primary N) is 1. The minimum Gasteiger partial charge on any atom is -0.494 e. The van der Waals surface area contributed by atoms with Gasteiger partial charge in [-0.3, -0.25) is 0 Å². The number of hydrogen-bond donors (Lipinski definition) is 2. The number of ether oxygens (including phenoxy) is 1. The summed E-state index contributed by atoms with van der Waals surface area (Å²) >= 11 is 0. The van der Waals surface area contributed by atoms with Crippen molar-refractivity contribution in [2.45, 2.75) is 19.8 Å². The van der Waals surface area contributed by atoms with Gasteiger partial charge in [-0.1, -0.05) is 0 Å². The molecule has 134 valence electrons. The molecule has 0 aliphatic carbocycles. The summed E-state index contributed by atoms with van der Waals surface area (Å²) in [6.07, 6.45) is 2.04. The van der Waals surface area contributed by atoms with Crippen LogP contribution in [-0.2, 0) is 0 Å². The molecule has 1 aromatic heterocycles. The molecule has 0 saturated heterocycles. The van der Waals surface area contributed by atoms with Gasteiger partial charge in [0.15, 0.2) is 11.6 Å². The Morgan fingerprint density at radius 3 is 2.35 bits per heavy atom. The normalized spacial score (nSPS) is 9.81. The third-order valence-electron chi connectivity index (χ3n) is 3.58. The summed E-state index contributed by atoms with van der Waals surface area (Å²) in [5, 5.41) is 20.8. The molecule has 0 spiro atoms. The summed E-state index contributed by atoms with van der Waals surface area (Å²) in [4.78, 5) is 10.3. The van der Waals surface area contributed by atoms with Crippen molar-refractivity contribution in [3.05, 3.63) is 30.6 Å². The Morgan fingerprint density at radius 1 is 1.12 bits per heavy atom. The molecule has 0 aliphatic heterocycles. The molecule has 0 unspecified atom stereocenters. The smallest absolute Gasteiger partial charge is 0.159 e. The van der Waals surface area contributed by atoms with Crippen LogP contribution in [0.1, 0.15) is 19.8 Å². The third-order valence-corrected chi connectivity index (χ3v) is 3.58. The molecule has 8 nitrogen and oxygen atoms in total. The minimum absolute atomic E-state index is 0.316. The van der Waals surface area contributed by atoms with Crippen molar-refractivity contribution in [3.8, 4) is 17.9 Å². The van der Waals surface area contributed by atoms with Crippen LogP contribution in [0.2, 0.25) is 0 Å². The Labute approximate surface area is 152 Å². The van der Waals surface area contributed by atoms with Crippen LogP contribution in [-0.4, -0.2) is 29.7 Å². The van der Waals surface area contributed by atoms with Crippen LogP contribution in [0.15, 0.2) is 30.6 Å². The summed E-state index contributed by atoms with van der Waals surface area (Å²) in [5.74, 6) is 1.77. The van der Waals surface area contributed by atoms with Crippen molar-refractivity contribution >= 4 is 23.0 Å². The molecular weight excluding hydrogens is 330 g/mol. The average Bonchev–Trinajstić information content (AvgIpc) is 2.66. The number of nitrogens with zero attached hydrogens (tertiary/aromatic N) is 5. The van der Waals surface area contributed by atoms with Gasteiger partial charge < -0.3 is 20.7 Å². The van der Waals surface area contributed by atoms with Crippen molar-refractivity contribution in [1.82, 2.24) is 9.97 Å². The first kappa shape index (κ1) is 18.8. The van der Waals surface area contributed by atoms with E-state index in [2.05, 4.69) is 27.4 Å². The lowest BCUT2D eigenvalue weighted by Crippen LogP contribution is -2.27. The van der Waals surface area contributed by atoms with Gasteiger partial charge in [0.05, 0.1) is 31.6 Å². The van der Waals surface area contributed by atoms with Gasteiger partial charge in [-0.15, -0.1) is 0 Å². The molecule has 8 heteroatoms. The summed E-state index contributed by atoms with van der Waals surface area (Å²) in [6, 6.07) is 11.7. The molecule has 0 radical (unpaired) electrons. The predicted molar refractivity (Wildman–Crippen MR) is 100 cm³/mol. The molecule has 0 fully saturated rings. The molecule has 2 rings (SSSR count). The van der Waals surface area contributed by atoms with Crippen molar-refractivity contribution in [3.63, 3.8) is 0 Å². The first-order valence-corrected chi connectivity index (χ1v) is 8.28. The molecule has 2 aromatic rings. The summed E-state index contributed by atoms with van der Waals surface area (Å²) in [5.41, 5.74) is 7.42. The van der Waals surface area contributed by atoms with Gasteiger partial charge >= 0.3 is 0 Å². The molecule has 0 amide bonds. The fourth-order valence-corrected chi connectivity index (χ4v) is 2.37. The Balaban J connectivity index is 2.21. The van der Waals surface area contributed by atoms with E-state index in [1.807, 2.05) is 36.1 Å². The van der Waals surface area contributed by atoms with Crippen LogP contribution in [0, 0.1) is 22.7 Å². The predicted octanol–water partition coefficient (Wildman–Crippen LogP) is 2.83. The molecule has 0 aliphatic rings. The van der Waals surface area contributed by atoms with Gasteiger partial charge in [0.1, 0.15) is 17.8 Å². The molecule has 0 atom stereocenters. The van der Waals surface area contributed by atoms with Crippen molar-refractivity contribution in [1.29, 1.82) is 10.5 Å². The van der Waals surface area contributed by atoms with Gasteiger partial charge in [-0.25, -0.2) is 9.97 Å². The molecule has 1 aromatic carbocycles. The lowest BCUT2D eigenvalue weighted by Gasteiger charge is -2.23. The first-order valence-electron chi connectivity index (χ1n) is 8.28. The van der Waals surface area contributed by atoms with Gasteiger partial charge in [-0.05, 0) is 31.2 Å². The third kappa shape index (κ3) is 4.99. The summed E-state index contributed by atoms with van der Waals surface area (Å²) < 4.78 is 5.42. The lowest BCUT2D eigenvalue weighted by molar-refractivity contribution is 0.340. The Morgan fingerprint density at radius 2 is 1.77 bits per heavy atom. The van der Waals surface area contributed by atoms with Gasteiger partial charge in [0, 0.05) is 18.8 Å². The lowest BCUT2D eigenvalue weighted by atomic mass is 10.3. The van der Waals surface area contributed by atoms with E-state index < -0.39 is 0 Å². The number of rotatable bonds is 9. The van der Waals surface area contributed by atoms with E-state index in [0.29, 0.717) is 49.9 Å². The highest BCUT2D eigenvalue weighted by atomic mass is 16.5. The number of benzene rings is 1. The Kier molecular flexibility index (Phi) is 7.02. The van der Waals surface area contributed by atoms with E-state index in [9.17, 15) is 0 Å². The fraction of sp³-hybridized carbons (Fsp3) is 0.333. The topological polar surface area (TPSA) is 124 Å². The second-order valence-electron chi connectivity index (χ2n) is 5.35. The molecule has 1 heterocycles. The van der Waals surface area contributed by atoms with Crippen molar-refractivity contribution in [2.24, 2.45) is 0 Å². The highest BCUT2D eigenvalue weighted by Crippen LogP contribution is 2.29. The second-order valence-corrected chi connectivity index (χ2v) is 5.35. The second kappa shape index (κ2) is 9.70. The monoisotopic (exact) mass is 351 g/mol. The van der Waals surface area contributed by atoms with Gasteiger partial charge in [0.25, 0.3) is 0 Å². The average molecular weight is 351 g/mol. The van der Waals surface area contributed by atoms with Crippen LogP contribution in [0.3, 0.4) is 0 Å². The Bertz CT molecular complexity index is 775. The molecule has 0 saturated carbocycles. The first-order chi connectivity index (χ1) is 12.7. The number of nitrogen functional groups attached to an aromatic ring is 1. The maximum atomic E-state index is 8.84. The van der Waals surface area contributed by atoms with E-state index in [1.54, 1.807) is 0 Å². The van der Waals surface area contributed by atoms with Gasteiger partial charge in [0.2, 0.25) is 0 Å². The van der Waals surface area contributed by atoms with Crippen LogP contribution < -0.4 is 20.7 Å². The van der Waals surface area contributed by atoms with Crippen LogP contribution >= 0.6 is 0 Å². The quantitative estimate of drug-likeness (QED) is 0.706. The van der Waals surface area contributed by atoms with Crippen LogP contribution in [0.25, 0.3) is 0 Å². The maximum Gasteiger partial charge on any atom is 0.159 e. The van der Waals surface area contributed by atoms with E-state index >= 15 is 0 Å². The minimum atomic E-state index is 0.316. The van der Waals surface area contributed by atoms with E-state index in [4.69, 9.17) is 21.0 Å². The van der Waals surface area contributed by atoms with E-state index in [-0.39, 0.29) is 0 Å². The zero-order chi connectivity index (χ0) is 18.8. The van der Waals surface area contributed by atoms with Crippen molar-refractivity contribution < 1.29 is 4.74 Å². The maximum absolute atomic E-state index is 8.84. The molecule has 0 bridgehead atoms. The standard InChI is InChI=1S/C18H21N7O/c1-2-26-15-7-5-14(6-8-15)24-17-16(21)18(23-13-22-17)25(11-3-9-19)12-4-10-20/h5-8,13H,2-4,11-12,21H2,1H3,(H,22,23,24). The number of anilines is 4. The SMILES string of the molecule is CCOc1ccc(Nc2ncnc(N(CCC#N)CCC#N)c2N)cc1. The van der Waals surface area contributed by atoms with Gasteiger partial charge in [-0.2, -0.15) is 10.5 Å². The zero-order valence-corrected chi connectivity index (χ0v) is 14.6. The van der Waals surface area contributed by atoms with Crippen LogP contribution in [0.5, 0.6) is 5.75 Å². The highest BCUT2D eigenvalue weighted by molar-refractivity contribution is 5.78. The van der Waals surface area contributed by atoms with Crippen LogP contribution in [0.4, 0.5) is 23.0 Å². The highest BCUT2D eigenvalue weighted by Gasteiger charge is 2.15. The zero-order valence-electron chi connectivity index (χ0n) is 14.6.